The molecule has 0 radical (unpaired) electrons. The highest BCUT2D eigenvalue weighted by atomic mass is 16.5. The number of pyridine rings is 1. The lowest BCUT2D eigenvalue weighted by Crippen LogP contribution is -2.34. The number of carbonyl (C=O) groups excluding carboxylic acids is 1. The Morgan fingerprint density at radius 1 is 1.25 bits per heavy atom. The van der Waals surface area contributed by atoms with Crippen LogP contribution in [0, 0.1) is 0 Å². The van der Waals surface area contributed by atoms with E-state index in [2.05, 4.69) is 4.98 Å². The fraction of sp³-hybridized carbons (Fsp3) is 0.222. The molecule has 124 valence electrons. The van der Waals surface area contributed by atoms with Crippen LogP contribution in [-0.2, 0) is 11.3 Å². The predicted octanol–water partition coefficient (Wildman–Crippen LogP) is 2.41. The second kappa shape index (κ2) is 7.14. The average molecular weight is 326 g/mol. The molecule has 0 bridgehead atoms. The molecule has 0 spiro atoms. The van der Waals surface area contributed by atoms with Crippen molar-refractivity contribution in [1.29, 1.82) is 0 Å². The monoisotopic (exact) mass is 326 g/mol. The van der Waals surface area contributed by atoms with Crippen molar-refractivity contribution in [3.8, 4) is 0 Å². The maximum absolute atomic E-state index is 12.8. The van der Waals surface area contributed by atoms with Crippen molar-refractivity contribution in [2.45, 2.75) is 6.54 Å². The van der Waals surface area contributed by atoms with Crippen molar-refractivity contribution in [2.24, 2.45) is 0 Å². The third-order valence-electron chi connectivity index (χ3n) is 3.76. The van der Waals surface area contributed by atoms with Crippen LogP contribution >= 0.6 is 0 Å². The second-order valence-electron chi connectivity index (χ2n) is 5.40. The van der Waals surface area contributed by atoms with Gasteiger partial charge in [-0.1, -0.05) is 18.2 Å². The van der Waals surface area contributed by atoms with Crippen molar-refractivity contribution < 1.29 is 13.9 Å². The van der Waals surface area contributed by atoms with Gasteiger partial charge in [0.1, 0.15) is 11.5 Å². The smallest absolute Gasteiger partial charge is 0.270 e. The summed E-state index contributed by atoms with van der Waals surface area (Å²) in [5.41, 5.74) is -0.0255. The van der Waals surface area contributed by atoms with Crippen LogP contribution in [0.1, 0.15) is 16.2 Å². The van der Waals surface area contributed by atoms with Crippen LogP contribution in [0.25, 0.3) is 10.8 Å². The summed E-state index contributed by atoms with van der Waals surface area (Å²) in [5.74, 6) is 0.397. The molecule has 0 fully saturated rings. The van der Waals surface area contributed by atoms with Crippen molar-refractivity contribution >= 4 is 16.7 Å². The number of hydrogen-bond donors (Lipinski definition) is 1. The quantitative estimate of drug-likeness (QED) is 0.755. The van der Waals surface area contributed by atoms with Gasteiger partial charge in [0.25, 0.3) is 11.5 Å². The Balaban J connectivity index is 1.92. The fourth-order valence-electron chi connectivity index (χ4n) is 2.54. The Kier molecular flexibility index (Phi) is 4.77. The van der Waals surface area contributed by atoms with Crippen molar-refractivity contribution in [3.63, 3.8) is 0 Å². The van der Waals surface area contributed by atoms with Gasteiger partial charge in [0.2, 0.25) is 0 Å². The van der Waals surface area contributed by atoms with E-state index in [0.29, 0.717) is 30.8 Å². The number of aromatic nitrogens is 1. The van der Waals surface area contributed by atoms with E-state index in [1.807, 2.05) is 12.1 Å². The molecule has 0 aliphatic rings. The molecular weight excluding hydrogens is 308 g/mol. The number of amides is 1. The molecule has 0 aliphatic carbocycles. The molecule has 0 atom stereocenters. The lowest BCUT2D eigenvalue weighted by Gasteiger charge is -2.21. The Labute approximate surface area is 138 Å². The Morgan fingerprint density at radius 2 is 2.08 bits per heavy atom. The minimum absolute atomic E-state index is 0.251. The number of furan rings is 1. The SMILES string of the molecule is COCCN(Cc1ccco1)C(=O)c1cc2ccccc2c(=O)[nH]1. The van der Waals surface area contributed by atoms with Crippen LogP contribution in [0.5, 0.6) is 0 Å². The van der Waals surface area contributed by atoms with E-state index < -0.39 is 0 Å². The standard InChI is InChI=1S/C18H18N2O4/c1-23-10-8-20(12-14-6-4-9-24-14)18(22)16-11-13-5-2-3-7-15(13)17(21)19-16/h2-7,9,11H,8,10,12H2,1H3,(H,19,21). The first-order valence-corrected chi connectivity index (χ1v) is 7.61. The fourth-order valence-corrected chi connectivity index (χ4v) is 2.54. The zero-order valence-electron chi connectivity index (χ0n) is 13.3. The molecule has 3 rings (SSSR count). The average Bonchev–Trinajstić information content (AvgIpc) is 3.11. The normalized spacial score (nSPS) is 10.9. The zero-order valence-corrected chi connectivity index (χ0v) is 13.3. The lowest BCUT2D eigenvalue weighted by atomic mass is 10.1. The number of nitrogens with one attached hydrogen (secondary N) is 1. The molecule has 6 heteroatoms. The topological polar surface area (TPSA) is 75.5 Å². The third kappa shape index (κ3) is 3.38. The first-order chi connectivity index (χ1) is 11.7. The van der Waals surface area contributed by atoms with Gasteiger partial charge in [-0.15, -0.1) is 0 Å². The summed E-state index contributed by atoms with van der Waals surface area (Å²) < 4.78 is 10.4. The molecule has 2 heterocycles. The number of fused-ring (bicyclic) bond motifs is 1. The molecule has 6 nitrogen and oxygen atoms in total. The number of ether oxygens (including phenoxy) is 1. The van der Waals surface area contributed by atoms with Crippen molar-refractivity contribution in [2.75, 3.05) is 20.3 Å². The van der Waals surface area contributed by atoms with Crippen LogP contribution in [0.4, 0.5) is 0 Å². The Bertz CT molecular complexity index is 883. The predicted molar refractivity (Wildman–Crippen MR) is 89.9 cm³/mol. The summed E-state index contributed by atoms with van der Waals surface area (Å²) in [5, 5.41) is 1.29. The summed E-state index contributed by atoms with van der Waals surface area (Å²) in [4.78, 5) is 29.3. The maximum Gasteiger partial charge on any atom is 0.270 e. The van der Waals surface area contributed by atoms with E-state index >= 15 is 0 Å². The van der Waals surface area contributed by atoms with Crippen molar-refractivity contribution in [1.82, 2.24) is 9.88 Å². The lowest BCUT2D eigenvalue weighted by molar-refractivity contribution is 0.0660. The number of aromatic amines is 1. The van der Waals surface area contributed by atoms with Gasteiger partial charge in [-0.2, -0.15) is 0 Å². The van der Waals surface area contributed by atoms with Gasteiger partial charge in [-0.05, 0) is 29.7 Å². The van der Waals surface area contributed by atoms with Gasteiger partial charge in [-0.25, -0.2) is 0 Å². The Hall–Kier alpha value is -2.86. The second-order valence-corrected chi connectivity index (χ2v) is 5.40. The number of benzene rings is 1. The highest BCUT2D eigenvalue weighted by molar-refractivity contribution is 5.96. The maximum atomic E-state index is 12.8. The van der Waals surface area contributed by atoms with E-state index in [9.17, 15) is 9.59 Å². The number of nitrogens with zero attached hydrogens (tertiary/aromatic N) is 1. The third-order valence-corrected chi connectivity index (χ3v) is 3.76. The molecule has 0 saturated carbocycles. The van der Waals surface area contributed by atoms with E-state index in [-0.39, 0.29) is 17.2 Å². The molecule has 0 aliphatic heterocycles. The van der Waals surface area contributed by atoms with E-state index in [4.69, 9.17) is 9.15 Å². The molecular formula is C18H18N2O4. The number of methoxy groups -OCH3 is 1. The first-order valence-electron chi connectivity index (χ1n) is 7.61. The highest BCUT2D eigenvalue weighted by Crippen LogP contribution is 2.13. The van der Waals surface area contributed by atoms with Gasteiger partial charge in [0.15, 0.2) is 0 Å². The number of hydrogen-bond acceptors (Lipinski definition) is 4. The summed E-state index contributed by atoms with van der Waals surface area (Å²) >= 11 is 0. The minimum atomic E-state index is -0.277. The van der Waals surface area contributed by atoms with E-state index in [1.54, 1.807) is 48.6 Å². The van der Waals surface area contributed by atoms with Gasteiger partial charge in [-0.3, -0.25) is 9.59 Å². The number of carbonyl (C=O) groups is 1. The van der Waals surface area contributed by atoms with Crippen LogP contribution in [0.15, 0.2) is 57.9 Å². The van der Waals surface area contributed by atoms with Crippen molar-refractivity contribution in [3.05, 3.63) is 70.5 Å². The van der Waals surface area contributed by atoms with Gasteiger partial charge >= 0.3 is 0 Å². The minimum Gasteiger partial charge on any atom is -0.467 e. The van der Waals surface area contributed by atoms with E-state index in [1.165, 1.54) is 0 Å². The summed E-state index contributed by atoms with van der Waals surface area (Å²) in [7, 11) is 1.58. The van der Waals surface area contributed by atoms with Crippen LogP contribution < -0.4 is 5.56 Å². The summed E-state index contributed by atoms with van der Waals surface area (Å²) in [6, 6.07) is 12.4. The molecule has 2 aromatic heterocycles. The van der Waals surface area contributed by atoms with Gasteiger partial charge in [0.05, 0.1) is 19.4 Å². The van der Waals surface area contributed by atoms with Crippen LogP contribution in [0.2, 0.25) is 0 Å². The van der Waals surface area contributed by atoms with Crippen LogP contribution in [0.3, 0.4) is 0 Å². The molecule has 1 amide bonds. The van der Waals surface area contributed by atoms with Gasteiger partial charge < -0.3 is 19.0 Å². The van der Waals surface area contributed by atoms with Gasteiger partial charge in [0, 0.05) is 19.0 Å². The van der Waals surface area contributed by atoms with E-state index in [0.717, 1.165) is 5.39 Å². The highest BCUT2D eigenvalue weighted by Gasteiger charge is 2.19. The zero-order chi connectivity index (χ0) is 16.9. The molecule has 24 heavy (non-hydrogen) atoms. The number of H-pyrrole nitrogens is 1. The van der Waals surface area contributed by atoms with Crippen LogP contribution in [-0.4, -0.2) is 36.1 Å². The molecule has 0 saturated heterocycles. The molecule has 1 N–H and O–H groups in total. The Morgan fingerprint density at radius 3 is 2.83 bits per heavy atom. The number of rotatable bonds is 6. The summed E-state index contributed by atoms with van der Waals surface area (Å²) in [6.45, 7) is 1.10. The molecule has 0 unspecified atom stereocenters. The first kappa shape index (κ1) is 16.0. The molecule has 1 aromatic carbocycles. The largest absolute Gasteiger partial charge is 0.467 e. The summed E-state index contributed by atoms with van der Waals surface area (Å²) in [6.07, 6.45) is 1.56. The molecule has 3 aromatic rings.